The number of rotatable bonds is 5. The Morgan fingerprint density at radius 1 is 1.33 bits per heavy atom. The normalized spacial score (nSPS) is 10.9. The molecule has 1 amide bonds. The first kappa shape index (κ1) is 15.3. The molecular weight excluding hydrogens is 264 g/mol. The molecule has 1 heterocycles. The zero-order valence-electron chi connectivity index (χ0n) is 12.8. The van der Waals surface area contributed by atoms with E-state index >= 15 is 0 Å². The highest BCUT2D eigenvalue weighted by Crippen LogP contribution is 2.23. The molecule has 112 valence electrons. The lowest BCUT2D eigenvalue weighted by molar-refractivity contribution is 0.0718. The highest BCUT2D eigenvalue weighted by atomic mass is 16.2. The fraction of sp³-hybridized carbons (Fsp3) is 0.375. The van der Waals surface area contributed by atoms with Gasteiger partial charge in [-0.3, -0.25) is 4.79 Å². The van der Waals surface area contributed by atoms with E-state index < -0.39 is 0 Å². The molecule has 0 radical (unpaired) electrons. The summed E-state index contributed by atoms with van der Waals surface area (Å²) in [4.78, 5) is 18.7. The summed E-state index contributed by atoms with van der Waals surface area (Å²) in [6, 6.07) is 9.77. The van der Waals surface area contributed by atoms with Crippen molar-refractivity contribution in [1.82, 2.24) is 9.88 Å². The monoisotopic (exact) mass is 286 g/mol. The van der Waals surface area contributed by atoms with Gasteiger partial charge in [-0.25, -0.2) is 10.8 Å². The molecule has 5 nitrogen and oxygen atoms in total. The summed E-state index contributed by atoms with van der Waals surface area (Å²) in [5.74, 6) is 5.98. The Balaban J connectivity index is 2.44. The third-order valence-electron chi connectivity index (χ3n) is 3.91. The minimum atomic E-state index is -0.0778. The number of hydrazine groups is 1. The van der Waals surface area contributed by atoms with Crippen molar-refractivity contribution in [1.29, 1.82) is 0 Å². The van der Waals surface area contributed by atoms with Crippen LogP contribution in [0.2, 0.25) is 0 Å². The van der Waals surface area contributed by atoms with Gasteiger partial charge in [0.05, 0.1) is 0 Å². The summed E-state index contributed by atoms with van der Waals surface area (Å²) < 4.78 is 0. The molecule has 0 spiro atoms. The first-order valence-electron chi connectivity index (χ1n) is 7.25. The maximum atomic E-state index is 12.6. The van der Waals surface area contributed by atoms with Crippen LogP contribution in [0.5, 0.6) is 0 Å². The van der Waals surface area contributed by atoms with E-state index in [9.17, 15) is 4.79 Å². The van der Waals surface area contributed by atoms with Gasteiger partial charge < -0.3 is 10.3 Å². The van der Waals surface area contributed by atoms with Crippen LogP contribution in [-0.2, 0) is 0 Å². The zero-order chi connectivity index (χ0) is 15.4. The van der Waals surface area contributed by atoms with Crippen molar-refractivity contribution >= 4 is 22.5 Å². The van der Waals surface area contributed by atoms with E-state index in [1.807, 2.05) is 37.4 Å². The summed E-state index contributed by atoms with van der Waals surface area (Å²) in [6.07, 6.45) is 1.85. The van der Waals surface area contributed by atoms with Gasteiger partial charge in [0.25, 0.3) is 5.91 Å². The van der Waals surface area contributed by atoms with Crippen molar-refractivity contribution in [2.75, 3.05) is 12.5 Å². The number of anilines is 1. The lowest BCUT2D eigenvalue weighted by Gasteiger charge is -2.26. The van der Waals surface area contributed by atoms with Crippen LogP contribution in [0.25, 0.3) is 10.8 Å². The Kier molecular flexibility index (Phi) is 4.75. The maximum Gasteiger partial charge on any atom is 0.272 e. The van der Waals surface area contributed by atoms with Gasteiger partial charge in [0, 0.05) is 18.5 Å². The van der Waals surface area contributed by atoms with Crippen LogP contribution >= 0.6 is 0 Å². The second-order valence-corrected chi connectivity index (χ2v) is 5.11. The predicted octanol–water partition coefficient (Wildman–Crippen LogP) is 2.78. The van der Waals surface area contributed by atoms with Crippen molar-refractivity contribution in [2.45, 2.75) is 32.7 Å². The van der Waals surface area contributed by atoms with E-state index in [0.717, 1.165) is 23.6 Å². The quantitative estimate of drug-likeness (QED) is 0.655. The fourth-order valence-electron chi connectivity index (χ4n) is 2.60. The molecule has 2 rings (SSSR count). The van der Waals surface area contributed by atoms with Crippen LogP contribution in [0, 0.1) is 0 Å². The number of hydrogen-bond acceptors (Lipinski definition) is 4. The number of pyridine rings is 1. The number of fused-ring (bicyclic) bond motifs is 1. The molecule has 1 aromatic carbocycles. The summed E-state index contributed by atoms with van der Waals surface area (Å²) in [5.41, 5.74) is 2.99. The number of carbonyl (C=O) groups is 1. The van der Waals surface area contributed by atoms with Gasteiger partial charge in [-0.15, -0.1) is 0 Å². The van der Waals surface area contributed by atoms with Crippen molar-refractivity contribution in [2.24, 2.45) is 5.84 Å². The minimum absolute atomic E-state index is 0.0778. The number of amides is 1. The number of nitrogen functional groups attached to an aromatic ring is 1. The van der Waals surface area contributed by atoms with E-state index in [1.165, 1.54) is 0 Å². The van der Waals surface area contributed by atoms with Crippen LogP contribution in [-0.4, -0.2) is 28.9 Å². The van der Waals surface area contributed by atoms with Crippen LogP contribution < -0.4 is 11.3 Å². The summed E-state index contributed by atoms with van der Waals surface area (Å²) >= 11 is 0. The molecule has 21 heavy (non-hydrogen) atoms. The van der Waals surface area contributed by atoms with Gasteiger partial charge in [0.2, 0.25) is 0 Å². The molecule has 0 atom stereocenters. The molecule has 3 N–H and O–H groups in total. The average Bonchev–Trinajstić information content (AvgIpc) is 2.54. The van der Waals surface area contributed by atoms with E-state index in [1.54, 1.807) is 4.90 Å². The lowest BCUT2D eigenvalue weighted by Crippen LogP contribution is -2.36. The van der Waals surface area contributed by atoms with Crippen molar-refractivity contribution in [3.8, 4) is 0 Å². The Morgan fingerprint density at radius 2 is 2.00 bits per heavy atom. The predicted molar refractivity (Wildman–Crippen MR) is 86.0 cm³/mol. The Morgan fingerprint density at radius 3 is 2.62 bits per heavy atom. The smallest absolute Gasteiger partial charge is 0.272 e. The number of nitrogens with two attached hydrogens (primary N) is 1. The standard InChI is InChI=1S/C16H22N4O/c1-4-12(5-2)20(3)16(21)14-10-11-8-6-7-9-13(11)15(18-14)19-17/h6-10,12H,4-5,17H2,1-3H3,(H,18,19). The average molecular weight is 286 g/mol. The summed E-state index contributed by atoms with van der Waals surface area (Å²) in [6.45, 7) is 4.16. The number of benzene rings is 1. The third-order valence-corrected chi connectivity index (χ3v) is 3.91. The Hall–Kier alpha value is -2.14. The number of nitrogens with zero attached hydrogens (tertiary/aromatic N) is 2. The number of nitrogens with one attached hydrogen (secondary N) is 1. The first-order valence-corrected chi connectivity index (χ1v) is 7.25. The highest BCUT2D eigenvalue weighted by molar-refractivity contribution is 6.00. The van der Waals surface area contributed by atoms with Gasteiger partial charge in [-0.05, 0) is 24.3 Å². The second kappa shape index (κ2) is 6.54. The molecule has 0 saturated heterocycles. The molecule has 0 aliphatic rings. The fourth-order valence-corrected chi connectivity index (χ4v) is 2.60. The topological polar surface area (TPSA) is 71.2 Å². The van der Waals surface area contributed by atoms with Gasteiger partial charge in [-0.2, -0.15) is 0 Å². The molecule has 0 fully saturated rings. The molecule has 5 heteroatoms. The van der Waals surface area contributed by atoms with Crippen LogP contribution in [0.4, 0.5) is 5.82 Å². The van der Waals surface area contributed by atoms with Crippen LogP contribution in [0.3, 0.4) is 0 Å². The van der Waals surface area contributed by atoms with E-state index in [-0.39, 0.29) is 11.9 Å². The Labute approximate surface area is 125 Å². The van der Waals surface area contributed by atoms with Gasteiger partial charge >= 0.3 is 0 Å². The second-order valence-electron chi connectivity index (χ2n) is 5.11. The van der Waals surface area contributed by atoms with E-state index in [4.69, 9.17) is 5.84 Å². The molecule has 0 aliphatic heterocycles. The van der Waals surface area contributed by atoms with Gasteiger partial charge in [0.15, 0.2) is 0 Å². The van der Waals surface area contributed by atoms with Crippen molar-refractivity contribution in [3.63, 3.8) is 0 Å². The van der Waals surface area contributed by atoms with Crippen molar-refractivity contribution < 1.29 is 4.79 Å². The molecule has 0 bridgehead atoms. The molecular formula is C16H22N4O. The SMILES string of the molecule is CCC(CC)N(C)C(=O)c1cc2ccccc2c(NN)n1. The number of hydrogen-bond donors (Lipinski definition) is 2. The summed E-state index contributed by atoms with van der Waals surface area (Å²) in [7, 11) is 1.83. The minimum Gasteiger partial charge on any atom is -0.337 e. The molecule has 1 aromatic heterocycles. The van der Waals surface area contributed by atoms with Crippen molar-refractivity contribution in [3.05, 3.63) is 36.0 Å². The first-order chi connectivity index (χ1) is 10.1. The maximum absolute atomic E-state index is 12.6. The third kappa shape index (κ3) is 2.97. The zero-order valence-corrected chi connectivity index (χ0v) is 12.8. The van der Waals surface area contributed by atoms with Gasteiger partial charge in [0.1, 0.15) is 11.5 Å². The molecule has 0 aliphatic carbocycles. The van der Waals surface area contributed by atoms with E-state index in [2.05, 4.69) is 24.3 Å². The molecule has 0 unspecified atom stereocenters. The largest absolute Gasteiger partial charge is 0.337 e. The number of aromatic nitrogens is 1. The highest BCUT2D eigenvalue weighted by Gasteiger charge is 2.20. The van der Waals surface area contributed by atoms with Crippen LogP contribution in [0.15, 0.2) is 30.3 Å². The Bertz CT molecular complexity index is 637. The van der Waals surface area contributed by atoms with Gasteiger partial charge in [-0.1, -0.05) is 38.1 Å². The molecule has 2 aromatic rings. The molecule has 0 saturated carbocycles. The van der Waals surface area contributed by atoms with E-state index in [0.29, 0.717) is 11.5 Å². The van der Waals surface area contributed by atoms with Crippen LogP contribution in [0.1, 0.15) is 37.2 Å². The number of carbonyl (C=O) groups excluding carboxylic acids is 1. The lowest BCUT2D eigenvalue weighted by atomic mass is 10.1. The summed E-state index contributed by atoms with van der Waals surface area (Å²) in [5, 5.41) is 1.85.